The summed E-state index contributed by atoms with van der Waals surface area (Å²) in [5.41, 5.74) is 3.33. The van der Waals surface area contributed by atoms with Crippen molar-refractivity contribution >= 4 is 62.5 Å². The molecule has 200 valence electrons. The van der Waals surface area contributed by atoms with Gasteiger partial charge in [-0.25, -0.2) is 0 Å². The Morgan fingerprint density at radius 3 is 2.50 bits per heavy atom. The number of aliphatic hydroxyl groups is 1. The minimum Gasteiger partial charge on any atom is -0.503 e. The summed E-state index contributed by atoms with van der Waals surface area (Å²) in [6, 6.07) is 23.1. The molecule has 0 radical (unpaired) electrons. The molecule has 1 amide bonds. The number of rotatable bonds is 8. The minimum atomic E-state index is -0.902. The number of halogens is 1. The molecule has 0 fully saturated rings. The van der Waals surface area contributed by atoms with E-state index in [0.29, 0.717) is 26.3 Å². The van der Waals surface area contributed by atoms with Crippen LogP contribution in [0.25, 0.3) is 11.0 Å². The van der Waals surface area contributed by atoms with Crippen molar-refractivity contribution in [2.75, 3.05) is 4.90 Å². The molecule has 3 heterocycles. The van der Waals surface area contributed by atoms with Crippen LogP contribution in [-0.4, -0.2) is 27.0 Å². The zero-order chi connectivity index (χ0) is 27.8. The van der Waals surface area contributed by atoms with E-state index < -0.39 is 23.5 Å². The maximum atomic E-state index is 13.8. The lowest BCUT2D eigenvalue weighted by molar-refractivity contribution is -0.117. The fraction of sp³-hybridized carbons (Fsp3) is 0.133. The molecular weight excluding hydrogens is 566 g/mol. The molecule has 40 heavy (non-hydrogen) atoms. The number of Topliss-reactive ketones (excluding diaryl/α,β-unsaturated/α-hetero) is 1. The van der Waals surface area contributed by atoms with Gasteiger partial charge in [0.05, 0.1) is 11.6 Å². The van der Waals surface area contributed by atoms with E-state index in [1.165, 1.54) is 28.0 Å². The molecular formula is C30H22ClN3O4S2. The number of hydrogen-bond acceptors (Lipinski definition) is 8. The first-order chi connectivity index (χ1) is 19.4. The number of carbonyl (C=O) groups excluding carboxylic acids is 2. The average molecular weight is 588 g/mol. The van der Waals surface area contributed by atoms with Gasteiger partial charge in [0.25, 0.3) is 5.91 Å². The van der Waals surface area contributed by atoms with E-state index in [1.807, 2.05) is 73.7 Å². The molecule has 6 rings (SSSR count). The predicted molar refractivity (Wildman–Crippen MR) is 157 cm³/mol. The highest BCUT2D eigenvalue weighted by atomic mass is 35.5. The van der Waals surface area contributed by atoms with Gasteiger partial charge in [0.1, 0.15) is 5.58 Å². The lowest BCUT2D eigenvalue weighted by atomic mass is 9.94. The molecule has 10 heteroatoms. The van der Waals surface area contributed by atoms with Gasteiger partial charge in [-0.05, 0) is 47.4 Å². The number of furan rings is 1. The van der Waals surface area contributed by atoms with Gasteiger partial charge in [0.2, 0.25) is 10.9 Å². The lowest BCUT2D eigenvalue weighted by Gasteiger charge is -2.24. The Labute approximate surface area is 243 Å². The number of amides is 1. The van der Waals surface area contributed by atoms with Crippen LogP contribution in [0.3, 0.4) is 0 Å². The van der Waals surface area contributed by atoms with Crippen molar-refractivity contribution in [1.82, 2.24) is 10.2 Å². The van der Waals surface area contributed by atoms with Crippen molar-refractivity contribution in [2.45, 2.75) is 29.5 Å². The number of fused-ring (bicyclic) bond motifs is 1. The van der Waals surface area contributed by atoms with Gasteiger partial charge in [0.15, 0.2) is 15.9 Å². The highest BCUT2D eigenvalue weighted by Crippen LogP contribution is 2.44. The Hall–Kier alpha value is -3.92. The maximum Gasteiger partial charge on any atom is 0.296 e. The molecule has 0 saturated heterocycles. The van der Waals surface area contributed by atoms with Crippen molar-refractivity contribution in [3.05, 3.63) is 118 Å². The summed E-state index contributed by atoms with van der Waals surface area (Å²) >= 11 is 8.69. The molecule has 1 aliphatic heterocycles. The molecule has 1 N–H and O–H groups in total. The van der Waals surface area contributed by atoms with Gasteiger partial charge in [-0.2, -0.15) is 0 Å². The smallest absolute Gasteiger partial charge is 0.296 e. The van der Waals surface area contributed by atoms with Crippen LogP contribution in [0.2, 0.25) is 5.02 Å². The van der Waals surface area contributed by atoms with E-state index in [9.17, 15) is 14.7 Å². The highest BCUT2D eigenvalue weighted by Gasteiger charge is 2.46. The fourth-order valence-electron chi connectivity index (χ4n) is 4.60. The number of thioether (sulfide) groups is 1. The third-order valence-corrected chi connectivity index (χ3v) is 9.06. The van der Waals surface area contributed by atoms with Crippen LogP contribution in [0.4, 0.5) is 5.13 Å². The number of aromatic nitrogens is 2. The van der Waals surface area contributed by atoms with Gasteiger partial charge in [0, 0.05) is 16.2 Å². The Kier molecular flexibility index (Phi) is 7.18. The van der Waals surface area contributed by atoms with E-state index in [4.69, 9.17) is 16.0 Å². The Morgan fingerprint density at radius 2 is 1.77 bits per heavy atom. The molecule has 1 aliphatic rings. The standard InChI is InChI=1S/C30H22ClN3O4S2/c1-2-17-7-11-19(12-8-17)25-24(26(35)23-15-20-5-3-4-6-22(20)38-23)27(36)28(37)34(25)29-32-33-30(40-29)39-16-18-9-13-21(31)14-10-18/h3-15,25,36H,2,16H2,1H3. The van der Waals surface area contributed by atoms with Crippen LogP contribution < -0.4 is 4.90 Å². The predicted octanol–water partition coefficient (Wildman–Crippen LogP) is 7.58. The van der Waals surface area contributed by atoms with Crippen molar-refractivity contribution in [1.29, 1.82) is 0 Å². The number of carbonyl (C=O) groups is 2. The van der Waals surface area contributed by atoms with Crippen molar-refractivity contribution in [3.8, 4) is 0 Å². The number of nitrogens with zero attached hydrogens (tertiary/aromatic N) is 3. The summed E-state index contributed by atoms with van der Waals surface area (Å²) in [6.07, 6.45) is 0.837. The number of ketones is 1. The van der Waals surface area contributed by atoms with Crippen LogP contribution in [0.1, 0.15) is 40.2 Å². The highest BCUT2D eigenvalue weighted by molar-refractivity contribution is 8.00. The summed E-state index contributed by atoms with van der Waals surface area (Å²) in [6.45, 7) is 2.05. The van der Waals surface area contributed by atoms with Gasteiger partial charge in [-0.15, -0.1) is 10.2 Å². The van der Waals surface area contributed by atoms with Crippen LogP contribution in [0.5, 0.6) is 0 Å². The molecule has 0 aliphatic carbocycles. The van der Waals surface area contributed by atoms with Crippen LogP contribution >= 0.6 is 34.7 Å². The SMILES string of the molecule is CCc1ccc(C2C(C(=O)c3cc4ccccc4o3)=C(O)C(=O)N2c2nnc(SCc3ccc(Cl)cc3)s2)cc1. The van der Waals surface area contributed by atoms with Crippen molar-refractivity contribution in [2.24, 2.45) is 0 Å². The van der Waals surface area contributed by atoms with Gasteiger partial charge < -0.3 is 9.52 Å². The van der Waals surface area contributed by atoms with Crippen LogP contribution in [-0.2, 0) is 17.0 Å². The number of anilines is 1. The van der Waals surface area contributed by atoms with Gasteiger partial charge >= 0.3 is 0 Å². The minimum absolute atomic E-state index is 0.0454. The van der Waals surface area contributed by atoms with Crippen LogP contribution in [0.15, 0.2) is 99.0 Å². The van der Waals surface area contributed by atoms with Crippen molar-refractivity contribution in [3.63, 3.8) is 0 Å². The monoisotopic (exact) mass is 587 g/mol. The van der Waals surface area contributed by atoms with Crippen LogP contribution in [0, 0.1) is 0 Å². The number of aliphatic hydroxyl groups excluding tert-OH is 1. The fourth-order valence-corrected chi connectivity index (χ4v) is 6.55. The Morgan fingerprint density at radius 1 is 1.05 bits per heavy atom. The number of benzene rings is 3. The summed E-state index contributed by atoms with van der Waals surface area (Å²) in [7, 11) is 0. The van der Waals surface area contributed by atoms with E-state index in [2.05, 4.69) is 10.2 Å². The third kappa shape index (κ3) is 4.92. The van der Waals surface area contributed by atoms with Gasteiger partial charge in [-0.1, -0.05) is 96.2 Å². The second-order valence-electron chi connectivity index (χ2n) is 9.18. The first-order valence-corrected chi connectivity index (χ1v) is 14.7. The molecule has 1 atom stereocenters. The molecule has 1 unspecified atom stereocenters. The Balaban J connectivity index is 1.36. The number of para-hydroxylation sites is 1. The summed E-state index contributed by atoms with van der Waals surface area (Å²) < 4.78 is 6.46. The molecule has 0 bridgehead atoms. The zero-order valence-electron chi connectivity index (χ0n) is 21.2. The third-order valence-electron chi connectivity index (χ3n) is 6.68. The first-order valence-electron chi connectivity index (χ1n) is 12.5. The number of aryl methyl sites for hydroxylation is 1. The largest absolute Gasteiger partial charge is 0.503 e. The molecule has 0 spiro atoms. The van der Waals surface area contributed by atoms with Gasteiger partial charge in [-0.3, -0.25) is 14.5 Å². The van der Waals surface area contributed by atoms with E-state index in [1.54, 1.807) is 12.1 Å². The van der Waals surface area contributed by atoms with E-state index in [-0.39, 0.29) is 16.5 Å². The average Bonchev–Trinajstić information content (AvgIpc) is 3.69. The summed E-state index contributed by atoms with van der Waals surface area (Å²) in [5, 5.41) is 21.3. The topological polar surface area (TPSA) is 96.5 Å². The normalized spacial score (nSPS) is 15.4. The number of hydrogen-bond donors (Lipinski definition) is 1. The first kappa shape index (κ1) is 26.3. The molecule has 3 aromatic carbocycles. The zero-order valence-corrected chi connectivity index (χ0v) is 23.6. The summed E-state index contributed by atoms with van der Waals surface area (Å²) in [4.78, 5) is 28.7. The van der Waals surface area contributed by atoms with Crippen molar-refractivity contribution < 1.29 is 19.1 Å². The molecule has 7 nitrogen and oxygen atoms in total. The molecule has 0 saturated carbocycles. The molecule has 5 aromatic rings. The summed E-state index contributed by atoms with van der Waals surface area (Å²) in [5.74, 6) is -1.21. The Bertz CT molecular complexity index is 1730. The molecule has 2 aromatic heterocycles. The second-order valence-corrected chi connectivity index (χ2v) is 11.8. The lowest BCUT2D eigenvalue weighted by Crippen LogP contribution is -2.31. The van der Waals surface area contributed by atoms with E-state index >= 15 is 0 Å². The van der Waals surface area contributed by atoms with E-state index in [0.717, 1.165) is 22.9 Å². The maximum absolute atomic E-state index is 13.8. The second kappa shape index (κ2) is 10.9. The quantitative estimate of drug-likeness (QED) is 0.114.